The Labute approximate surface area is 144 Å². The van der Waals surface area contributed by atoms with E-state index in [2.05, 4.69) is 15.9 Å². The van der Waals surface area contributed by atoms with Crippen molar-refractivity contribution in [3.05, 3.63) is 58.8 Å². The predicted molar refractivity (Wildman–Crippen MR) is 93.6 cm³/mol. The summed E-state index contributed by atoms with van der Waals surface area (Å²) in [7, 11) is -0.288. The number of likely N-dealkylation sites (N-methyl/N-ethyl adjacent to an activating group) is 1. The van der Waals surface area contributed by atoms with Gasteiger partial charge in [0.2, 0.25) is 0 Å². The third-order valence-corrected chi connectivity index (χ3v) is 5.59. The highest BCUT2D eigenvalue weighted by molar-refractivity contribution is 9.10. The number of sulfonamides is 1. The quantitative estimate of drug-likeness (QED) is 0.746. The highest BCUT2D eigenvalue weighted by atomic mass is 79.9. The Hall–Kier alpha value is -1.44. The maximum Gasteiger partial charge on any atom is 0.267 e. The molecule has 0 aliphatic rings. The van der Waals surface area contributed by atoms with E-state index in [4.69, 9.17) is 0 Å². The molecular weight excluding hydrogens is 383 g/mol. The molecule has 2 rings (SSSR count). The van der Waals surface area contributed by atoms with Crippen LogP contribution in [0.4, 0.5) is 10.1 Å². The van der Waals surface area contributed by atoms with Gasteiger partial charge in [0.25, 0.3) is 10.0 Å². The van der Waals surface area contributed by atoms with Gasteiger partial charge in [-0.15, -0.1) is 0 Å². The molecule has 4 nitrogen and oxygen atoms in total. The Morgan fingerprint density at radius 3 is 2.30 bits per heavy atom. The molecule has 0 bridgehead atoms. The van der Waals surface area contributed by atoms with E-state index in [0.29, 0.717) is 16.7 Å². The number of rotatable bonds is 6. The maximum atomic E-state index is 14.1. The number of nitrogens with zero attached hydrogens (tertiary/aromatic N) is 2. The van der Waals surface area contributed by atoms with E-state index in [0.717, 1.165) is 6.07 Å². The average molecular weight is 401 g/mol. The molecule has 2 aromatic carbocycles. The van der Waals surface area contributed by atoms with Gasteiger partial charge in [0, 0.05) is 17.6 Å². The van der Waals surface area contributed by atoms with Crippen LogP contribution < -0.4 is 4.31 Å². The number of halogens is 2. The minimum atomic E-state index is -4.00. The molecule has 0 heterocycles. The number of benzene rings is 2. The molecule has 0 fully saturated rings. The molecule has 23 heavy (non-hydrogen) atoms. The molecule has 0 spiro atoms. The molecule has 0 aromatic heterocycles. The second-order valence-corrected chi connectivity index (χ2v) is 8.04. The first-order chi connectivity index (χ1) is 10.8. The number of hydrogen-bond donors (Lipinski definition) is 0. The van der Waals surface area contributed by atoms with Crippen LogP contribution in [0.25, 0.3) is 0 Å². The van der Waals surface area contributed by atoms with E-state index in [9.17, 15) is 12.8 Å². The third-order valence-electron chi connectivity index (χ3n) is 3.26. The fourth-order valence-electron chi connectivity index (χ4n) is 2.07. The average Bonchev–Trinajstić information content (AvgIpc) is 2.50. The first kappa shape index (κ1) is 17.9. The van der Waals surface area contributed by atoms with Crippen LogP contribution in [0.5, 0.6) is 0 Å². The van der Waals surface area contributed by atoms with Crippen LogP contribution in [0.3, 0.4) is 0 Å². The molecule has 0 N–H and O–H groups in total. The molecule has 0 aliphatic heterocycles. The van der Waals surface area contributed by atoms with Gasteiger partial charge in [-0.2, -0.15) is 0 Å². The zero-order chi connectivity index (χ0) is 17.0. The van der Waals surface area contributed by atoms with Crippen LogP contribution in [-0.2, 0) is 10.0 Å². The molecule has 124 valence electrons. The van der Waals surface area contributed by atoms with Crippen LogP contribution in [0, 0.1) is 5.82 Å². The van der Waals surface area contributed by atoms with Gasteiger partial charge in [0.1, 0.15) is 10.7 Å². The van der Waals surface area contributed by atoms with E-state index in [1.807, 2.05) is 19.0 Å². The largest absolute Gasteiger partial charge is 0.308 e. The van der Waals surface area contributed by atoms with Crippen LogP contribution in [0.1, 0.15) is 0 Å². The summed E-state index contributed by atoms with van der Waals surface area (Å²) in [6.45, 7) is 0.745. The van der Waals surface area contributed by atoms with E-state index in [-0.39, 0.29) is 11.4 Å². The van der Waals surface area contributed by atoms with E-state index >= 15 is 0 Å². The number of anilines is 1. The minimum Gasteiger partial charge on any atom is -0.308 e. The van der Waals surface area contributed by atoms with Gasteiger partial charge in [-0.3, -0.25) is 4.31 Å². The van der Waals surface area contributed by atoms with Crippen LogP contribution >= 0.6 is 15.9 Å². The molecule has 0 aliphatic carbocycles. The first-order valence-corrected chi connectivity index (χ1v) is 9.23. The van der Waals surface area contributed by atoms with Crippen LogP contribution in [0.2, 0.25) is 0 Å². The third kappa shape index (κ3) is 4.31. The highest BCUT2D eigenvalue weighted by Crippen LogP contribution is 2.27. The van der Waals surface area contributed by atoms with Crippen molar-refractivity contribution in [3.8, 4) is 0 Å². The predicted octanol–water partition coefficient (Wildman–Crippen LogP) is 3.35. The molecular formula is C16H18BrFN2O2S. The van der Waals surface area contributed by atoms with Crippen molar-refractivity contribution in [3.63, 3.8) is 0 Å². The van der Waals surface area contributed by atoms with E-state index in [1.54, 1.807) is 30.3 Å². The fourth-order valence-corrected chi connectivity index (χ4v) is 4.13. The smallest absolute Gasteiger partial charge is 0.267 e. The summed E-state index contributed by atoms with van der Waals surface area (Å²) in [5, 5.41) is 0. The Kier molecular flexibility index (Phi) is 5.78. The van der Waals surface area contributed by atoms with Gasteiger partial charge in [-0.25, -0.2) is 12.8 Å². The lowest BCUT2D eigenvalue weighted by molar-refractivity contribution is 0.419. The molecule has 2 aromatic rings. The van der Waals surface area contributed by atoms with Crippen molar-refractivity contribution in [1.82, 2.24) is 4.90 Å². The lowest BCUT2D eigenvalue weighted by Gasteiger charge is -2.26. The second-order valence-electron chi connectivity index (χ2n) is 5.29. The zero-order valence-electron chi connectivity index (χ0n) is 12.9. The van der Waals surface area contributed by atoms with Crippen molar-refractivity contribution in [2.45, 2.75) is 4.90 Å². The fraction of sp³-hybridized carbons (Fsp3) is 0.250. The molecule has 0 unspecified atom stereocenters. The monoisotopic (exact) mass is 400 g/mol. The minimum absolute atomic E-state index is 0.227. The summed E-state index contributed by atoms with van der Waals surface area (Å²) in [5.74, 6) is -0.765. The Balaban J connectivity index is 2.50. The van der Waals surface area contributed by atoms with Gasteiger partial charge in [0.05, 0.1) is 5.69 Å². The summed E-state index contributed by atoms with van der Waals surface area (Å²) in [4.78, 5) is 1.54. The number of para-hydroxylation sites is 1. The van der Waals surface area contributed by atoms with Crippen molar-refractivity contribution < 1.29 is 12.8 Å². The van der Waals surface area contributed by atoms with Gasteiger partial charge < -0.3 is 4.90 Å². The molecule has 0 saturated carbocycles. The topological polar surface area (TPSA) is 40.6 Å². The highest BCUT2D eigenvalue weighted by Gasteiger charge is 2.28. The van der Waals surface area contributed by atoms with E-state index in [1.165, 1.54) is 16.4 Å². The van der Waals surface area contributed by atoms with Crippen molar-refractivity contribution in [1.29, 1.82) is 0 Å². The van der Waals surface area contributed by atoms with E-state index < -0.39 is 15.8 Å². The maximum absolute atomic E-state index is 14.1. The van der Waals surface area contributed by atoms with Crippen molar-refractivity contribution in [2.75, 3.05) is 31.5 Å². The SMILES string of the molecule is CN(C)CCN(c1ccccc1)S(=O)(=O)c1cc(Br)ccc1F. The first-order valence-electron chi connectivity index (χ1n) is 7.00. The van der Waals surface area contributed by atoms with Crippen molar-refractivity contribution >= 4 is 31.6 Å². The Bertz CT molecular complexity index is 767. The summed E-state index contributed by atoms with van der Waals surface area (Å²) in [6.07, 6.45) is 0. The Morgan fingerprint density at radius 2 is 1.70 bits per heavy atom. The molecule has 0 amide bonds. The lowest BCUT2D eigenvalue weighted by atomic mass is 10.3. The summed E-state index contributed by atoms with van der Waals surface area (Å²) >= 11 is 3.20. The van der Waals surface area contributed by atoms with Gasteiger partial charge in [-0.1, -0.05) is 34.1 Å². The Morgan fingerprint density at radius 1 is 1.04 bits per heavy atom. The van der Waals surface area contributed by atoms with Crippen molar-refractivity contribution in [2.24, 2.45) is 0 Å². The number of hydrogen-bond acceptors (Lipinski definition) is 3. The summed E-state index contributed by atoms with van der Waals surface area (Å²) in [5.41, 5.74) is 0.508. The molecule has 0 radical (unpaired) electrons. The van der Waals surface area contributed by atoms with Gasteiger partial charge in [-0.05, 0) is 44.4 Å². The second kappa shape index (κ2) is 7.42. The standard InChI is InChI=1S/C16H18BrFN2O2S/c1-19(2)10-11-20(14-6-4-3-5-7-14)23(21,22)16-12-13(17)8-9-15(16)18/h3-9,12H,10-11H2,1-2H3. The summed E-state index contributed by atoms with van der Waals surface area (Å²) < 4.78 is 41.8. The molecule has 0 saturated heterocycles. The van der Waals surface area contributed by atoms with Crippen LogP contribution in [0.15, 0.2) is 57.9 Å². The normalized spacial score (nSPS) is 11.7. The lowest BCUT2D eigenvalue weighted by Crippen LogP contribution is -2.37. The van der Waals surface area contributed by atoms with Gasteiger partial charge >= 0.3 is 0 Å². The van der Waals surface area contributed by atoms with Gasteiger partial charge in [0.15, 0.2) is 0 Å². The summed E-state index contributed by atoms with van der Waals surface area (Å²) in [6, 6.07) is 12.6. The molecule has 0 atom stereocenters. The zero-order valence-corrected chi connectivity index (χ0v) is 15.3. The van der Waals surface area contributed by atoms with Crippen LogP contribution in [-0.4, -0.2) is 40.5 Å². The molecule has 7 heteroatoms.